The van der Waals surface area contributed by atoms with Gasteiger partial charge in [-0.25, -0.2) is 0 Å². The van der Waals surface area contributed by atoms with E-state index in [2.05, 4.69) is 33.4 Å². The average Bonchev–Trinajstić information content (AvgIpc) is 3.18. The summed E-state index contributed by atoms with van der Waals surface area (Å²) in [5.74, 6) is 3.63. The summed E-state index contributed by atoms with van der Waals surface area (Å²) in [5.41, 5.74) is 4.79. The quantitative estimate of drug-likeness (QED) is 0.673. The van der Waals surface area contributed by atoms with Crippen LogP contribution in [0.4, 0.5) is 0 Å². The van der Waals surface area contributed by atoms with Gasteiger partial charge in [0.2, 0.25) is 6.79 Å². The zero-order chi connectivity index (χ0) is 17.1. The zero-order valence-corrected chi connectivity index (χ0v) is 15.6. The van der Waals surface area contributed by atoms with Gasteiger partial charge < -0.3 is 14.2 Å². The van der Waals surface area contributed by atoms with Gasteiger partial charge in [-0.1, -0.05) is 18.2 Å². The number of hydrogen-bond acceptors (Lipinski definition) is 4. The second-order valence-corrected chi connectivity index (χ2v) is 7.72. The molecule has 0 spiro atoms. The lowest BCUT2D eigenvalue weighted by atomic mass is 9.97. The first-order valence-electron chi connectivity index (χ1n) is 8.53. The van der Waals surface area contributed by atoms with Gasteiger partial charge in [0.1, 0.15) is 0 Å². The van der Waals surface area contributed by atoms with E-state index in [1.54, 1.807) is 0 Å². The fourth-order valence-corrected chi connectivity index (χ4v) is 4.38. The van der Waals surface area contributed by atoms with Crippen LogP contribution >= 0.6 is 11.8 Å². The minimum Gasteiger partial charge on any atom is -0.454 e. The molecule has 1 aromatic rings. The molecule has 1 saturated heterocycles. The molecular weight excluding hydrogens is 320 g/mol. The number of rotatable bonds is 6. The molecule has 0 saturated carbocycles. The summed E-state index contributed by atoms with van der Waals surface area (Å²) in [7, 11) is 0. The van der Waals surface area contributed by atoms with Crippen LogP contribution in [0.2, 0.25) is 0 Å². The molecule has 1 aromatic carbocycles. The van der Waals surface area contributed by atoms with E-state index in [1.165, 1.54) is 24.0 Å². The minimum atomic E-state index is 0.302. The molecule has 0 radical (unpaired) electrons. The topological polar surface area (TPSA) is 27.7 Å². The number of hydrogen-bond donors (Lipinski definition) is 0. The van der Waals surface area contributed by atoms with Gasteiger partial charge in [-0.2, -0.15) is 11.8 Å². The number of allylic oxidation sites excluding steroid dienone is 2. The SMILES string of the molecule is C=C(C(CSCC1CCC(C)O1)=C(C)C)c1ccc2c(c1)OCO2. The Morgan fingerprint density at radius 3 is 2.71 bits per heavy atom. The van der Waals surface area contributed by atoms with Gasteiger partial charge in [-0.05, 0) is 62.5 Å². The lowest BCUT2D eigenvalue weighted by Crippen LogP contribution is -2.11. The summed E-state index contributed by atoms with van der Waals surface area (Å²) < 4.78 is 16.8. The van der Waals surface area contributed by atoms with E-state index in [-0.39, 0.29) is 0 Å². The van der Waals surface area contributed by atoms with Crippen molar-refractivity contribution in [2.75, 3.05) is 18.3 Å². The molecule has 24 heavy (non-hydrogen) atoms. The third-order valence-electron chi connectivity index (χ3n) is 4.56. The predicted molar refractivity (Wildman–Crippen MR) is 101 cm³/mol. The highest BCUT2D eigenvalue weighted by Gasteiger charge is 2.22. The molecule has 2 aliphatic heterocycles. The largest absolute Gasteiger partial charge is 0.454 e. The highest BCUT2D eigenvalue weighted by molar-refractivity contribution is 7.99. The number of ether oxygens (including phenoxy) is 3. The summed E-state index contributed by atoms with van der Waals surface area (Å²) in [4.78, 5) is 0. The molecule has 2 aliphatic rings. The Balaban J connectivity index is 1.63. The Kier molecular flexibility index (Phi) is 5.57. The first kappa shape index (κ1) is 17.4. The Hall–Kier alpha value is -1.39. The van der Waals surface area contributed by atoms with Crippen molar-refractivity contribution in [1.29, 1.82) is 0 Å². The van der Waals surface area contributed by atoms with E-state index in [0.29, 0.717) is 19.0 Å². The molecule has 1 fully saturated rings. The van der Waals surface area contributed by atoms with Crippen molar-refractivity contribution in [3.63, 3.8) is 0 Å². The van der Waals surface area contributed by atoms with E-state index in [4.69, 9.17) is 14.2 Å². The molecule has 0 bridgehead atoms. The maximum atomic E-state index is 5.91. The van der Waals surface area contributed by atoms with Crippen LogP contribution in [-0.4, -0.2) is 30.5 Å². The van der Waals surface area contributed by atoms with Crippen molar-refractivity contribution in [2.45, 2.75) is 45.8 Å². The van der Waals surface area contributed by atoms with Crippen LogP contribution in [0.1, 0.15) is 39.2 Å². The van der Waals surface area contributed by atoms with Crippen molar-refractivity contribution >= 4 is 17.3 Å². The van der Waals surface area contributed by atoms with Crippen LogP contribution in [0.25, 0.3) is 5.57 Å². The van der Waals surface area contributed by atoms with Crippen molar-refractivity contribution in [3.05, 3.63) is 41.5 Å². The average molecular weight is 346 g/mol. The summed E-state index contributed by atoms with van der Waals surface area (Å²) in [5, 5.41) is 0. The van der Waals surface area contributed by atoms with E-state index in [9.17, 15) is 0 Å². The number of thioether (sulfide) groups is 1. The van der Waals surface area contributed by atoms with E-state index in [0.717, 1.165) is 34.1 Å². The van der Waals surface area contributed by atoms with Gasteiger partial charge in [0.05, 0.1) is 12.2 Å². The van der Waals surface area contributed by atoms with Crippen LogP contribution in [-0.2, 0) is 4.74 Å². The number of fused-ring (bicyclic) bond motifs is 1. The molecule has 0 N–H and O–H groups in total. The molecule has 2 atom stereocenters. The van der Waals surface area contributed by atoms with Gasteiger partial charge in [0.15, 0.2) is 11.5 Å². The maximum Gasteiger partial charge on any atom is 0.231 e. The molecule has 2 unspecified atom stereocenters. The summed E-state index contributed by atoms with van der Waals surface area (Å²) in [6.45, 7) is 11.1. The first-order chi connectivity index (χ1) is 11.5. The molecule has 3 nitrogen and oxygen atoms in total. The zero-order valence-electron chi connectivity index (χ0n) is 14.8. The summed E-state index contributed by atoms with van der Waals surface area (Å²) in [6.07, 6.45) is 3.19. The molecule has 0 aliphatic carbocycles. The monoisotopic (exact) mass is 346 g/mol. The Labute approximate surface area is 149 Å². The van der Waals surface area contributed by atoms with Gasteiger partial charge in [0, 0.05) is 11.5 Å². The van der Waals surface area contributed by atoms with Crippen molar-refractivity contribution < 1.29 is 14.2 Å². The van der Waals surface area contributed by atoms with Crippen molar-refractivity contribution in [2.24, 2.45) is 0 Å². The lowest BCUT2D eigenvalue weighted by Gasteiger charge is -2.16. The standard InChI is InChI=1S/C20H26O3S/c1-13(2)18(11-24-10-17-7-5-14(3)23-17)15(4)16-6-8-19-20(9-16)22-12-21-19/h6,8-9,14,17H,4-5,7,10-12H2,1-3H3. The summed E-state index contributed by atoms with van der Waals surface area (Å²) in [6, 6.07) is 6.05. The fraction of sp³-hybridized carbons (Fsp3) is 0.500. The van der Waals surface area contributed by atoms with Crippen molar-refractivity contribution in [1.82, 2.24) is 0 Å². The molecule has 4 heteroatoms. The summed E-state index contributed by atoms with van der Waals surface area (Å²) >= 11 is 1.94. The second-order valence-electron chi connectivity index (χ2n) is 6.69. The smallest absolute Gasteiger partial charge is 0.231 e. The van der Waals surface area contributed by atoms with Crippen LogP contribution < -0.4 is 9.47 Å². The molecule has 2 heterocycles. The van der Waals surface area contributed by atoms with Crippen LogP contribution in [0.3, 0.4) is 0 Å². The predicted octanol–water partition coefficient (Wildman–Crippen LogP) is 5.07. The van der Waals surface area contributed by atoms with Crippen LogP contribution in [0.5, 0.6) is 11.5 Å². The van der Waals surface area contributed by atoms with E-state index in [1.807, 2.05) is 23.9 Å². The molecule has 0 aromatic heterocycles. The fourth-order valence-electron chi connectivity index (χ4n) is 3.09. The maximum absolute atomic E-state index is 5.91. The van der Waals surface area contributed by atoms with E-state index >= 15 is 0 Å². The van der Waals surface area contributed by atoms with Crippen molar-refractivity contribution in [3.8, 4) is 11.5 Å². The van der Waals surface area contributed by atoms with Crippen LogP contribution in [0.15, 0.2) is 35.9 Å². The highest BCUT2D eigenvalue weighted by atomic mass is 32.2. The highest BCUT2D eigenvalue weighted by Crippen LogP contribution is 2.37. The molecular formula is C20H26O3S. The first-order valence-corrected chi connectivity index (χ1v) is 9.69. The van der Waals surface area contributed by atoms with Gasteiger partial charge >= 0.3 is 0 Å². The van der Waals surface area contributed by atoms with Gasteiger partial charge in [-0.15, -0.1) is 0 Å². The minimum absolute atomic E-state index is 0.302. The second kappa shape index (κ2) is 7.66. The normalized spacial score (nSPS) is 21.8. The Bertz CT molecular complexity index is 646. The third-order valence-corrected chi connectivity index (χ3v) is 5.66. The molecule has 130 valence electrons. The lowest BCUT2D eigenvalue weighted by molar-refractivity contribution is 0.0700. The van der Waals surface area contributed by atoms with Gasteiger partial charge in [0.25, 0.3) is 0 Å². The molecule has 3 rings (SSSR count). The molecule has 0 amide bonds. The number of benzene rings is 1. The Morgan fingerprint density at radius 1 is 1.21 bits per heavy atom. The third kappa shape index (κ3) is 3.98. The Morgan fingerprint density at radius 2 is 2.00 bits per heavy atom. The van der Waals surface area contributed by atoms with Crippen LogP contribution in [0, 0.1) is 0 Å². The van der Waals surface area contributed by atoms with E-state index < -0.39 is 0 Å². The van der Waals surface area contributed by atoms with Gasteiger partial charge in [-0.3, -0.25) is 0 Å².